The minimum Gasteiger partial charge on any atom is -0.480 e. The van der Waals surface area contributed by atoms with Crippen molar-refractivity contribution in [2.24, 2.45) is 0 Å². The molecule has 0 aliphatic heterocycles. The van der Waals surface area contributed by atoms with Gasteiger partial charge in [0.1, 0.15) is 12.1 Å². The Morgan fingerprint density at radius 1 is 0.638 bits per heavy atom. The monoisotopic (exact) mass is 665 g/mol. The number of carboxylic acids is 1. The summed E-state index contributed by atoms with van der Waals surface area (Å²) in [5, 5.41) is 22.5. The Morgan fingerprint density at radius 3 is 1.79 bits per heavy atom. The van der Waals surface area contributed by atoms with E-state index in [1.165, 1.54) is 57.8 Å². The lowest BCUT2D eigenvalue weighted by atomic mass is 10.0. The average molecular weight is 665 g/mol. The Labute approximate surface area is 285 Å². The molecule has 0 bridgehead atoms. The second kappa shape index (κ2) is 33.2. The number of carbonyl (C=O) groups is 4. The molecule has 0 aromatic heterocycles. The van der Waals surface area contributed by atoms with Crippen molar-refractivity contribution in [2.45, 2.75) is 180 Å². The van der Waals surface area contributed by atoms with Crippen molar-refractivity contribution in [1.82, 2.24) is 10.6 Å². The summed E-state index contributed by atoms with van der Waals surface area (Å²) in [4.78, 5) is 47.2. The fraction of sp³-hybridized carbons (Fsp3) is 0.789. The van der Waals surface area contributed by atoms with Crippen molar-refractivity contribution in [3.63, 3.8) is 0 Å². The Kier molecular flexibility index (Phi) is 31.3. The number of nitrogens with one attached hydrogen (secondary N) is 2. The molecule has 4 N–H and O–H groups in total. The lowest BCUT2D eigenvalue weighted by molar-refractivity contribution is -0.150. The van der Waals surface area contributed by atoms with Gasteiger partial charge in [-0.25, -0.2) is 4.79 Å². The number of carboxylic acid groups (broad SMARTS) is 1. The number of rotatable bonds is 33. The van der Waals surface area contributed by atoms with Gasteiger partial charge in [0, 0.05) is 12.8 Å². The number of hydrogen-bond acceptors (Lipinski definition) is 6. The van der Waals surface area contributed by atoms with Crippen LogP contribution < -0.4 is 10.6 Å². The zero-order valence-electron chi connectivity index (χ0n) is 29.8. The van der Waals surface area contributed by atoms with Crippen molar-refractivity contribution < 1.29 is 34.1 Å². The highest BCUT2D eigenvalue weighted by molar-refractivity contribution is 5.87. The summed E-state index contributed by atoms with van der Waals surface area (Å²) in [6.45, 7) is 3.41. The van der Waals surface area contributed by atoms with E-state index in [-0.39, 0.29) is 30.9 Å². The third kappa shape index (κ3) is 30.4. The van der Waals surface area contributed by atoms with Gasteiger partial charge in [0.05, 0.1) is 13.2 Å². The molecule has 0 saturated heterocycles. The van der Waals surface area contributed by atoms with E-state index in [2.05, 4.69) is 48.8 Å². The van der Waals surface area contributed by atoms with E-state index in [4.69, 9.17) is 14.9 Å². The predicted molar refractivity (Wildman–Crippen MR) is 190 cm³/mol. The highest BCUT2D eigenvalue weighted by atomic mass is 16.5. The highest BCUT2D eigenvalue weighted by Crippen LogP contribution is 2.17. The topological polar surface area (TPSA) is 142 Å². The molecule has 0 aromatic carbocycles. The maximum absolute atomic E-state index is 12.6. The van der Waals surface area contributed by atoms with Crippen LogP contribution >= 0.6 is 0 Å². The zero-order valence-corrected chi connectivity index (χ0v) is 29.8. The molecule has 0 rings (SSSR count). The van der Waals surface area contributed by atoms with Gasteiger partial charge in [-0.05, 0) is 64.2 Å². The molecule has 0 fully saturated rings. The minimum absolute atomic E-state index is 0.0492. The molecule has 2 atom stereocenters. The van der Waals surface area contributed by atoms with Crippen LogP contribution in [-0.4, -0.2) is 59.3 Å². The van der Waals surface area contributed by atoms with E-state index >= 15 is 0 Å². The highest BCUT2D eigenvalue weighted by Gasteiger charge is 2.19. The Hall–Kier alpha value is -2.68. The van der Waals surface area contributed by atoms with Crippen LogP contribution in [0.15, 0.2) is 24.3 Å². The number of amides is 2. The third-order valence-electron chi connectivity index (χ3n) is 8.20. The van der Waals surface area contributed by atoms with Crippen molar-refractivity contribution in [1.29, 1.82) is 0 Å². The van der Waals surface area contributed by atoms with E-state index in [0.29, 0.717) is 12.8 Å². The van der Waals surface area contributed by atoms with Crippen molar-refractivity contribution in [3.8, 4) is 0 Å². The van der Waals surface area contributed by atoms with E-state index in [0.717, 1.165) is 77.0 Å². The van der Waals surface area contributed by atoms with Gasteiger partial charge in [-0.3, -0.25) is 14.4 Å². The summed E-state index contributed by atoms with van der Waals surface area (Å²) in [5.41, 5.74) is 0. The maximum Gasteiger partial charge on any atom is 0.328 e. The van der Waals surface area contributed by atoms with E-state index < -0.39 is 24.5 Å². The molecular formula is C38H68N2O7. The molecule has 0 radical (unpaired) electrons. The first-order valence-corrected chi connectivity index (χ1v) is 18.7. The lowest BCUT2D eigenvalue weighted by Crippen LogP contribution is -2.47. The van der Waals surface area contributed by atoms with E-state index in [1.807, 2.05) is 0 Å². The van der Waals surface area contributed by atoms with Crippen LogP contribution in [0.2, 0.25) is 0 Å². The van der Waals surface area contributed by atoms with Crippen molar-refractivity contribution in [3.05, 3.63) is 24.3 Å². The number of esters is 1. The van der Waals surface area contributed by atoms with Gasteiger partial charge >= 0.3 is 11.9 Å². The van der Waals surface area contributed by atoms with Crippen LogP contribution in [0.3, 0.4) is 0 Å². The van der Waals surface area contributed by atoms with Gasteiger partial charge in [0.15, 0.2) is 0 Å². The molecule has 272 valence electrons. The molecule has 9 heteroatoms. The molecule has 2 unspecified atom stereocenters. The van der Waals surface area contributed by atoms with Crippen LogP contribution in [0.25, 0.3) is 0 Å². The van der Waals surface area contributed by atoms with E-state index in [1.54, 1.807) is 0 Å². The maximum atomic E-state index is 12.6. The molecule has 47 heavy (non-hydrogen) atoms. The van der Waals surface area contributed by atoms with Gasteiger partial charge in [0.2, 0.25) is 11.8 Å². The van der Waals surface area contributed by atoms with Gasteiger partial charge < -0.3 is 25.6 Å². The predicted octanol–water partition coefficient (Wildman–Crippen LogP) is 8.09. The Balaban J connectivity index is 4.35. The average Bonchev–Trinajstić information content (AvgIpc) is 3.05. The normalized spacial score (nSPS) is 12.7. The third-order valence-corrected chi connectivity index (χ3v) is 8.20. The Morgan fingerprint density at radius 2 is 1.17 bits per heavy atom. The molecular weight excluding hydrogens is 596 g/mol. The second-order valence-corrected chi connectivity index (χ2v) is 12.7. The molecule has 0 heterocycles. The summed E-state index contributed by atoms with van der Waals surface area (Å²) in [6.07, 6.45) is 33.5. The van der Waals surface area contributed by atoms with Gasteiger partial charge in [-0.15, -0.1) is 0 Å². The number of aliphatic carboxylic acids is 1. The van der Waals surface area contributed by atoms with Crippen LogP contribution in [0.1, 0.15) is 168 Å². The first kappa shape index (κ1) is 44.3. The molecule has 0 saturated carbocycles. The number of unbranched alkanes of at least 4 members (excludes halogenated alkanes) is 15. The zero-order chi connectivity index (χ0) is 34.8. The Bertz CT molecular complexity index is 859. The fourth-order valence-corrected chi connectivity index (χ4v) is 5.28. The van der Waals surface area contributed by atoms with Crippen LogP contribution in [0.5, 0.6) is 0 Å². The van der Waals surface area contributed by atoms with Crippen LogP contribution in [0, 0.1) is 0 Å². The van der Waals surface area contributed by atoms with Gasteiger partial charge in [-0.2, -0.15) is 0 Å². The van der Waals surface area contributed by atoms with Crippen LogP contribution in [0.4, 0.5) is 0 Å². The first-order chi connectivity index (χ1) is 22.8. The van der Waals surface area contributed by atoms with Crippen molar-refractivity contribution >= 4 is 23.8 Å². The number of aliphatic hydroxyl groups is 1. The molecule has 0 aromatic rings. The number of allylic oxidation sites excluding steroid dienone is 4. The minimum atomic E-state index is -1.38. The molecule has 0 aliphatic rings. The molecule has 9 nitrogen and oxygen atoms in total. The molecule has 0 aliphatic carbocycles. The number of hydrogen-bond donors (Lipinski definition) is 4. The van der Waals surface area contributed by atoms with Gasteiger partial charge in [-0.1, -0.05) is 115 Å². The summed E-state index contributed by atoms with van der Waals surface area (Å²) >= 11 is 0. The van der Waals surface area contributed by atoms with Crippen LogP contribution in [-0.2, 0) is 23.9 Å². The number of ether oxygens (including phenoxy) is 1. The largest absolute Gasteiger partial charge is 0.480 e. The smallest absolute Gasteiger partial charge is 0.328 e. The van der Waals surface area contributed by atoms with E-state index in [9.17, 15) is 19.2 Å². The SMILES string of the molecule is CCCCC/C=C\C/C=C\CCCC(CCCCCCCC(=O)NCC(=O)NC(CO)C(=O)O)OC(=O)CCCCCCCCCC. The summed E-state index contributed by atoms with van der Waals surface area (Å²) in [5.74, 6) is -2.33. The number of carbonyl (C=O) groups excluding carboxylic acids is 3. The first-order valence-electron chi connectivity index (χ1n) is 18.7. The summed E-state index contributed by atoms with van der Waals surface area (Å²) in [7, 11) is 0. The number of aliphatic hydroxyl groups excluding tert-OH is 1. The molecule has 0 spiro atoms. The lowest BCUT2D eigenvalue weighted by Gasteiger charge is -2.18. The standard InChI is InChI=1S/C38H68N2O7/c1-3-5-7-9-11-13-14-15-16-19-23-27-33(47-37(44)30-26-22-17-12-10-8-6-4-2)28-24-20-18-21-25-29-35(42)39-31-36(43)40-34(32-41)38(45)46/h11,13,15-16,33-34,41H,3-10,12,14,17-32H2,1-2H3,(H,39,42)(H,40,43)(H,45,46)/b13-11-,16-15-. The quantitative estimate of drug-likeness (QED) is 0.0316. The summed E-state index contributed by atoms with van der Waals surface area (Å²) in [6, 6.07) is -1.38. The molecule has 2 amide bonds. The van der Waals surface area contributed by atoms with Crippen molar-refractivity contribution in [2.75, 3.05) is 13.2 Å². The van der Waals surface area contributed by atoms with Gasteiger partial charge in [0.25, 0.3) is 0 Å². The summed E-state index contributed by atoms with van der Waals surface area (Å²) < 4.78 is 5.95. The fourth-order valence-electron chi connectivity index (χ4n) is 5.28. The second-order valence-electron chi connectivity index (χ2n) is 12.7.